The molecule has 0 aromatic rings. The summed E-state index contributed by atoms with van der Waals surface area (Å²) in [6, 6.07) is 0. The van der Waals surface area contributed by atoms with E-state index in [1.807, 2.05) is 11.8 Å². The molecule has 27 heavy (non-hydrogen) atoms. The van der Waals surface area contributed by atoms with Crippen LogP contribution in [0.3, 0.4) is 0 Å². The van der Waals surface area contributed by atoms with Gasteiger partial charge >= 0.3 is 0 Å². The number of epoxide rings is 1. The van der Waals surface area contributed by atoms with Crippen molar-refractivity contribution in [3.05, 3.63) is 0 Å². The van der Waals surface area contributed by atoms with Crippen LogP contribution < -0.4 is 0 Å². The van der Waals surface area contributed by atoms with Crippen LogP contribution in [0, 0.1) is 0 Å². The molecular weight excluding hydrogens is 334 g/mol. The summed E-state index contributed by atoms with van der Waals surface area (Å²) in [4.78, 5) is 14.0. The van der Waals surface area contributed by atoms with Crippen molar-refractivity contribution in [1.82, 2.24) is 4.90 Å². The Bertz CT molecular complexity index is 341. The Balaban J connectivity index is 1.78. The van der Waals surface area contributed by atoms with Gasteiger partial charge in [0.2, 0.25) is 5.91 Å². The third-order valence-electron chi connectivity index (χ3n) is 5.76. The summed E-state index contributed by atoms with van der Waals surface area (Å²) < 4.78 is 5.27. The third kappa shape index (κ3) is 15.1. The van der Waals surface area contributed by atoms with Gasteiger partial charge in [-0.15, -0.1) is 0 Å². The van der Waals surface area contributed by atoms with Crippen LogP contribution >= 0.6 is 0 Å². The lowest BCUT2D eigenvalue weighted by atomic mass is 10.0. The summed E-state index contributed by atoms with van der Waals surface area (Å²) >= 11 is 0. The molecule has 0 bridgehead atoms. The molecule has 0 spiro atoms. The molecule has 1 unspecified atom stereocenters. The van der Waals surface area contributed by atoms with E-state index in [4.69, 9.17) is 4.74 Å². The van der Waals surface area contributed by atoms with Crippen molar-refractivity contribution in [2.24, 2.45) is 0 Å². The Morgan fingerprint density at radius 3 is 1.52 bits per heavy atom. The molecule has 0 aliphatic carbocycles. The second kappa shape index (κ2) is 17.5. The molecule has 0 radical (unpaired) electrons. The molecule has 0 aromatic carbocycles. The van der Waals surface area contributed by atoms with Crippen LogP contribution in [0.2, 0.25) is 0 Å². The topological polar surface area (TPSA) is 32.8 Å². The van der Waals surface area contributed by atoms with Crippen LogP contribution in [0.5, 0.6) is 0 Å². The minimum atomic E-state index is 0.284. The molecule has 0 saturated carbocycles. The molecule has 1 heterocycles. The standard InChI is InChI=1S/C24H47NO2/c1-3-5-6-7-8-9-10-11-12-13-14-15-16-17-18-19-20-25(24(26)4-2)21-23-22-27-23/h23H,3-22H2,1-2H3. The summed E-state index contributed by atoms with van der Waals surface area (Å²) in [5, 5.41) is 0. The maximum atomic E-state index is 11.9. The van der Waals surface area contributed by atoms with Crippen LogP contribution in [0.25, 0.3) is 0 Å². The smallest absolute Gasteiger partial charge is 0.222 e. The first kappa shape index (κ1) is 24.5. The molecule has 1 fully saturated rings. The van der Waals surface area contributed by atoms with Crippen molar-refractivity contribution in [3.63, 3.8) is 0 Å². The fourth-order valence-corrected chi connectivity index (χ4v) is 3.81. The normalized spacial score (nSPS) is 15.9. The van der Waals surface area contributed by atoms with E-state index in [0.717, 1.165) is 26.1 Å². The average molecular weight is 382 g/mol. The second-order valence-electron chi connectivity index (χ2n) is 8.45. The lowest BCUT2D eigenvalue weighted by Gasteiger charge is -2.21. The average Bonchev–Trinajstić information content (AvgIpc) is 3.50. The summed E-state index contributed by atoms with van der Waals surface area (Å²) in [6.45, 7) is 6.81. The maximum absolute atomic E-state index is 11.9. The number of carbonyl (C=O) groups excluding carboxylic acids is 1. The molecule has 3 heteroatoms. The molecule has 1 saturated heterocycles. The number of nitrogens with zero attached hydrogens (tertiary/aromatic N) is 1. The Morgan fingerprint density at radius 1 is 0.741 bits per heavy atom. The van der Waals surface area contributed by atoms with E-state index in [2.05, 4.69) is 6.92 Å². The summed E-state index contributed by atoms with van der Waals surface area (Å²) in [7, 11) is 0. The highest BCUT2D eigenvalue weighted by Gasteiger charge is 2.26. The van der Waals surface area contributed by atoms with Gasteiger partial charge in [0.15, 0.2) is 0 Å². The van der Waals surface area contributed by atoms with Crippen LogP contribution in [0.1, 0.15) is 123 Å². The molecule has 3 nitrogen and oxygen atoms in total. The maximum Gasteiger partial charge on any atom is 0.222 e. The zero-order chi connectivity index (χ0) is 19.6. The van der Waals surface area contributed by atoms with E-state index in [1.54, 1.807) is 0 Å². The van der Waals surface area contributed by atoms with Crippen molar-refractivity contribution in [3.8, 4) is 0 Å². The molecule has 160 valence electrons. The van der Waals surface area contributed by atoms with Crippen LogP contribution in [0.15, 0.2) is 0 Å². The van der Waals surface area contributed by atoms with Gasteiger partial charge in [0.05, 0.1) is 12.7 Å². The van der Waals surface area contributed by atoms with E-state index in [9.17, 15) is 4.79 Å². The minimum Gasteiger partial charge on any atom is -0.371 e. The first-order chi connectivity index (χ1) is 13.3. The minimum absolute atomic E-state index is 0.284. The highest BCUT2D eigenvalue weighted by molar-refractivity contribution is 5.75. The third-order valence-corrected chi connectivity index (χ3v) is 5.76. The lowest BCUT2D eigenvalue weighted by Crippen LogP contribution is -2.34. The molecule has 1 amide bonds. The predicted molar refractivity (Wildman–Crippen MR) is 116 cm³/mol. The number of unbranched alkanes of at least 4 members (excludes halogenated alkanes) is 15. The van der Waals surface area contributed by atoms with E-state index in [1.165, 1.54) is 96.3 Å². The van der Waals surface area contributed by atoms with Gasteiger partial charge in [0, 0.05) is 19.5 Å². The second-order valence-corrected chi connectivity index (χ2v) is 8.45. The first-order valence-electron chi connectivity index (χ1n) is 12.2. The number of ether oxygens (including phenoxy) is 1. The van der Waals surface area contributed by atoms with Crippen molar-refractivity contribution in [2.75, 3.05) is 19.7 Å². The number of amides is 1. The van der Waals surface area contributed by atoms with Crippen LogP contribution in [-0.4, -0.2) is 36.6 Å². The van der Waals surface area contributed by atoms with E-state index >= 15 is 0 Å². The van der Waals surface area contributed by atoms with E-state index in [0.29, 0.717) is 12.5 Å². The first-order valence-corrected chi connectivity index (χ1v) is 12.2. The van der Waals surface area contributed by atoms with E-state index in [-0.39, 0.29) is 5.91 Å². The predicted octanol–water partition coefficient (Wildman–Crippen LogP) is 6.89. The fourth-order valence-electron chi connectivity index (χ4n) is 3.81. The monoisotopic (exact) mass is 381 g/mol. The number of hydrogen-bond acceptors (Lipinski definition) is 2. The van der Waals surface area contributed by atoms with Gasteiger partial charge in [0.1, 0.15) is 0 Å². The highest BCUT2D eigenvalue weighted by atomic mass is 16.6. The Morgan fingerprint density at radius 2 is 1.15 bits per heavy atom. The fraction of sp³-hybridized carbons (Fsp3) is 0.958. The van der Waals surface area contributed by atoms with Gasteiger partial charge in [-0.3, -0.25) is 4.79 Å². The lowest BCUT2D eigenvalue weighted by molar-refractivity contribution is -0.131. The zero-order valence-corrected chi connectivity index (χ0v) is 18.5. The van der Waals surface area contributed by atoms with Crippen LogP contribution in [0.4, 0.5) is 0 Å². The molecule has 1 atom stereocenters. The SMILES string of the molecule is CCCCCCCCCCCCCCCCCCN(CC1CO1)C(=O)CC. The molecule has 0 N–H and O–H groups in total. The Hall–Kier alpha value is -0.570. The van der Waals surface area contributed by atoms with Gasteiger partial charge < -0.3 is 9.64 Å². The van der Waals surface area contributed by atoms with E-state index < -0.39 is 0 Å². The zero-order valence-electron chi connectivity index (χ0n) is 18.5. The van der Waals surface area contributed by atoms with Crippen LogP contribution in [-0.2, 0) is 9.53 Å². The highest BCUT2D eigenvalue weighted by Crippen LogP contribution is 2.15. The van der Waals surface area contributed by atoms with Gasteiger partial charge in [-0.1, -0.05) is 110 Å². The molecule has 1 rings (SSSR count). The number of rotatable bonds is 20. The quantitative estimate of drug-likeness (QED) is 0.170. The molecular formula is C24H47NO2. The number of hydrogen-bond donors (Lipinski definition) is 0. The number of carbonyl (C=O) groups is 1. The molecule has 1 aliphatic rings. The van der Waals surface area contributed by atoms with Gasteiger partial charge in [0.25, 0.3) is 0 Å². The van der Waals surface area contributed by atoms with Crippen molar-refractivity contribution >= 4 is 5.91 Å². The molecule has 0 aromatic heterocycles. The summed E-state index contributed by atoms with van der Waals surface area (Å²) in [5.41, 5.74) is 0. The summed E-state index contributed by atoms with van der Waals surface area (Å²) in [6.07, 6.45) is 23.2. The Kier molecular flexibility index (Phi) is 15.9. The van der Waals surface area contributed by atoms with Crippen molar-refractivity contribution in [1.29, 1.82) is 0 Å². The van der Waals surface area contributed by atoms with Crippen molar-refractivity contribution in [2.45, 2.75) is 129 Å². The molecule has 1 aliphatic heterocycles. The van der Waals surface area contributed by atoms with Crippen molar-refractivity contribution < 1.29 is 9.53 Å². The Labute approximate surface area is 169 Å². The van der Waals surface area contributed by atoms with Gasteiger partial charge in [-0.2, -0.15) is 0 Å². The summed E-state index contributed by atoms with van der Waals surface area (Å²) in [5.74, 6) is 0.284. The largest absolute Gasteiger partial charge is 0.371 e. The van der Waals surface area contributed by atoms with Gasteiger partial charge in [-0.05, 0) is 6.42 Å². The van der Waals surface area contributed by atoms with Gasteiger partial charge in [-0.25, -0.2) is 0 Å².